The van der Waals surface area contributed by atoms with Gasteiger partial charge >= 0.3 is 35.8 Å². The van der Waals surface area contributed by atoms with Crippen molar-refractivity contribution in [2.45, 2.75) is 78.0 Å². The second-order valence-electron chi connectivity index (χ2n) is 9.70. The fourth-order valence-electron chi connectivity index (χ4n) is 5.02. The van der Waals surface area contributed by atoms with Crippen molar-refractivity contribution < 1.29 is 71.4 Å². The van der Waals surface area contributed by atoms with Gasteiger partial charge in [-0.15, -0.1) is 0 Å². The van der Waals surface area contributed by atoms with Crippen LogP contribution in [0.1, 0.15) is 41.0 Å². The topological polar surface area (TPSA) is 185 Å². The molecular weight excluding hydrogens is 564 g/mol. The number of methoxy groups -OCH3 is 1. The Balaban J connectivity index is 2.01. The molecule has 15 nitrogen and oxygen atoms in total. The fraction of sp³-hybridized carbons (Fsp3) is 0.630. The molecule has 0 radical (unpaired) electrons. The molecule has 15 heteroatoms. The Morgan fingerprint density at radius 3 is 1.95 bits per heavy atom. The quantitative estimate of drug-likeness (QED) is 0.193. The SMILES string of the molecule is COC(=O)C1=CO[C@@H](O[C@@H]2O[C@H](COC(C)=O)[C@@H](OC(C)=O)[C@H](OC(C)=O)[C@H]2OC(C)=O)[C@@H]2C(COC(C)=O)=CC[C@H]12. The molecule has 0 spiro atoms. The Bertz CT molecular complexity index is 1140. The Morgan fingerprint density at radius 1 is 0.786 bits per heavy atom. The molecule has 8 atom stereocenters. The highest BCUT2D eigenvalue weighted by atomic mass is 16.8. The van der Waals surface area contributed by atoms with Crippen LogP contribution in [0.2, 0.25) is 0 Å². The summed E-state index contributed by atoms with van der Waals surface area (Å²) in [5, 5.41) is 0. The van der Waals surface area contributed by atoms with Gasteiger partial charge in [0.15, 0.2) is 18.3 Å². The van der Waals surface area contributed by atoms with Crippen LogP contribution in [0.5, 0.6) is 0 Å². The molecule has 0 amide bonds. The van der Waals surface area contributed by atoms with Gasteiger partial charge in [0.05, 0.1) is 24.9 Å². The summed E-state index contributed by atoms with van der Waals surface area (Å²) >= 11 is 0. The first kappa shape index (κ1) is 32.5. The molecule has 2 aliphatic heterocycles. The zero-order valence-electron chi connectivity index (χ0n) is 24.0. The van der Waals surface area contributed by atoms with E-state index in [2.05, 4.69) is 0 Å². The first-order chi connectivity index (χ1) is 19.8. The third-order valence-electron chi connectivity index (χ3n) is 6.60. The summed E-state index contributed by atoms with van der Waals surface area (Å²) in [6, 6.07) is 0. The second-order valence-corrected chi connectivity index (χ2v) is 9.70. The minimum Gasteiger partial charge on any atom is -0.471 e. The maximum atomic E-state index is 12.5. The van der Waals surface area contributed by atoms with Crippen molar-refractivity contribution >= 4 is 35.8 Å². The molecule has 0 aromatic rings. The van der Waals surface area contributed by atoms with E-state index in [0.717, 1.165) is 27.7 Å². The lowest BCUT2D eigenvalue weighted by molar-refractivity contribution is -0.342. The highest BCUT2D eigenvalue weighted by Crippen LogP contribution is 2.45. The van der Waals surface area contributed by atoms with Gasteiger partial charge in [0.1, 0.15) is 19.3 Å². The maximum Gasteiger partial charge on any atom is 0.337 e. The molecule has 1 fully saturated rings. The summed E-state index contributed by atoms with van der Waals surface area (Å²) in [6.07, 6.45) is -4.93. The van der Waals surface area contributed by atoms with E-state index in [1.807, 2.05) is 0 Å². The number of esters is 6. The monoisotopic (exact) mass is 598 g/mol. The summed E-state index contributed by atoms with van der Waals surface area (Å²) in [5.74, 6) is -5.39. The van der Waals surface area contributed by atoms with Gasteiger partial charge in [-0.1, -0.05) is 6.08 Å². The van der Waals surface area contributed by atoms with Crippen LogP contribution in [0.15, 0.2) is 23.5 Å². The largest absolute Gasteiger partial charge is 0.471 e. The van der Waals surface area contributed by atoms with Crippen LogP contribution >= 0.6 is 0 Å². The van der Waals surface area contributed by atoms with E-state index in [-0.39, 0.29) is 12.2 Å². The summed E-state index contributed by atoms with van der Waals surface area (Å²) in [5.41, 5.74) is 0.804. The minimum atomic E-state index is -1.53. The average molecular weight is 599 g/mol. The third kappa shape index (κ3) is 8.06. The summed E-state index contributed by atoms with van der Waals surface area (Å²) in [6.45, 7) is 5.14. The molecule has 1 aliphatic carbocycles. The minimum absolute atomic E-state index is 0.118. The van der Waals surface area contributed by atoms with Gasteiger partial charge in [-0.3, -0.25) is 24.0 Å². The van der Waals surface area contributed by atoms with E-state index >= 15 is 0 Å². The molecule has 232 valence electrons. The van der Waals surface area contributed by atoms with Crippen molar-refractivity contribution in [3.63, 3.8) is 0 Å². The molecule has 42 heavy (non-hydrogen) atoms. The lowest BCUT2D eigenvalue weighted by Gasteiger charge is -2.45. The van der Waals surface area contributed by atoms with Gasteiger partial charge < -0.3 is 42.6 Å². The number of fused-ring (bicyclic) bond motifs is 1. The molecule has 0 unspecified atom stereocenters. The zero-order chi connectivity index (χ0) is 31.1. The molecule has 2 heterocycles. The number of carbonyl (C=O) groups excluding carboxylic acids is 6. The van der Waals surface area contributed by atoms with Crippen LogP contribution in [0, 0.1) is 11.8 Å². The first-order valence-electron chi connectivity index (χ1n) is 13.0. The Kier molecular flexibility index (Phi) is 11.1. The van der Waals surface area contributed by atoms with Crippen LogP contribution in [0.4, 0.5) is 0 Å². The maximum absolute atomic E-state index is 12.5. The summed E-state index contributed by atoms with van der Waals surface area (Å²) < 4.78 is 49.4. The lowest BCUT2D eigenvalue weighted by Crippen LogP contribution is -2.63. The Hall–Kier alpha value is -3.98. The highest BCUT2D eigenvalue weighted by Gasteiger charge is 2.55. The van der Waals surface area contributed by atoms with Gasteiger partial charge in [0.2, 0.25) is 12.6 Å². The number of hydrogen-bond acceptors (Lipinski definition) is 15. The van der Waals surface area contributed by atoms with Gasteiger partial charge in [0, 0.05) is 40.5 Å². The molecular formula is C27H34O15. The number of ether oxygens (including phenoxy) is 9. The van der Waals surface area contributed by atoms with Crippen molar-refractivity contribution in [1.29, 1.82) is 0 Å². The number of carbonyl (C=O) groups is 6. The van der Waals surface area contributed by atoms with Gasteiger partial charge in [0.25, 0.3) is 0 Å². The summed E-state index contributed by atoms with van der Waals surface area (Å²) in [7, 11) is 1.22. The fourth-order valence-corrected chi connectivity index (χ4v) is 5.02. The standard InChI is InChI=1S/C27H34O15/c1-12(28)35-9-17-7-8-18-19(25(33)34-6)10-37-26(21(17)18)42-27-24(40-16(5)32)23(39-15(4)31)22(38-14(3)30)20(41-27)11-36-13(2)29/h7,10,18,20-24,26-27H,8-9,11H2,1-6H3/t18-,20-,21-,22-,23+,24-,26+,27+/m1/s1. The van der Waals surface area contributed by atoms with Crippen LogP contribution in [-0.4, -0.2) is 93.1 Å². The van der Waals surface area contributed by atoms with Gasteiger partial charge in [-0.05, 0) is 12.0 Å². The van der Waals surface area contributed by atoms with Crippen molar-refractivity contribution in [1.82, 2.24) is 0 Å². The molecule has 3 rings (SSSR count). The van der Waals surface area contributed by atoms with Crippen LogP contribution in [0.25, 0.3) is 0 Å². The van der Waals surface area contributed by atoms with Gasteiger partial charge in [-0.2, -0.15) is 0 Å². The number of rotatable bonds is 10. The second kappa shape index (κ2) is 14.3. The molecule has 0 saturated carbocycles. The van der Waals surface area contributed by atoms with Crippen molar-refractivity contribution in [3.8, 4) is 0 Å². The zero-order valence-corrected chi connectivity index (χ0v) is 24.0. The smallest absolute Gasteiger partial charge is 0.337 e. The van der Waals surface area contributed by atoms with Gasteiger partial charge in [-0.25, -0.2) is 4.79 Å². The highest BCUT2D eigenvalue weighted by molar-refractivity contribution is 5.89. The van der Waals surface area contributed by atoms with Crippen molar-refractivity contribution in [3.05, 3.63) is 23.5 Å². The van der Waals surface area contributed by atoms with E-state index < -0.39 is 91.3 Å². The van der Waals surface area contributed by atoms with E-state index in [0.29, 0.717) is 12.0 Å². The first-order valence-corrected chi connectivity index (χ1v) is 13.0. The average Bonchev–Trinajstić information content (AvgIpc) is 3.33. The van der Waals surface area contributed by atoms with Crippen LogP contribution < -0.4 is 0 Å². The Labute approximate surface area is 241 Å². The molecule has 3 aliphatic rings. The normalized spacial score (nSPS) is 29.9. The molecule has 0 N–H and O–H groups in total. The number of hydrogen-bond donors (Lipinski definition) is 0. The lowest BCUT2D eigenvalue weighted by atomic mass is 9.83. The van der Waals surface area contributed by atoms with E-state index in [4.69, 9.17) is 42.6 Å². The van der Waals surface area contributed by atoms with E-state index in [9.17, 15) is 28.8 Å². The van der Waals surface area contributed by atoms with Crippen molar-refractivity contribution in [2.24, 2.45) is 11.8 Å². The predicted octanol–water partition coefficient (Wildman–Crippen LogP) is 0.625. The van der Waals surface area contributed by atoms with Crippen LogP contribution in [-0.2, 0) is 71.4 Å². The predicted molar refractivity (Wildman–Crippen MR) is 134 cm³/mol. The van der Waals surface area contributed by atoms with E-state index in [1.54, 1.807) is 6.08 Å². The summed E-state index contributed by atoms with van der Waals surface area (Å²) in [4.78, 5) is 71.8. The Morgan fingerprint density at radius 2 is 1.38 bits per heavy atom. The molecule has 0 bridgehead atoms. The molecule has 0 aromatic carbocycles. The number of allylic oxidation sites excluding steroid dienone is 1. The van der Waals surface area contributed by atoms with Crippen LogP contribution in [0.3, 0.4) is 0 Å². The molecule has 1 saturated heterocycles. The van der Waals surface area contributed by atoms with E-state index in [1.165, 1.54) is 20.3 Å². The van der Waals surface area contributed by atoms with Crippen molar-refractivity contribution in [2.75, 3.05) is 20.3 Å². The third-order valence-corrected chi connectivity index (χ3v) is 6.60. The molecule has 0 aromatic heterocycles.